The highest BCUT2D eigenvalue weighted by Crippen LogP contribution is 2.33. The monoisotopic (exact) mass is 378 g/mol. The maximum atomic E-state index is 12.9. The largest absolute Gasteiger partial charge is 0.310 e. The van der Waals surface area contributed by atoms with Gasteiger partial charge < -0.3 is 4.90 Å². The Bertz CT molecular complexity index is 746. The van der Waals surface area contributed by atoms with Crippen LogP contribution >= 0.6 is 35.0 Å². The molecule has 24 heavy (non-hydrogen) atoms. The van der Waals surface area contributed by atoms with Crippen LogP contribution in [-0.2, 0) is 4.79 Å². The second-order valence-corrected chi connectivity index (χ2v) is 7.29. The van der Waals surface area contributed by atoms with E-state index in [1.807, 2.05) is 37.3 Å². The van der Waals surface area contributed by atoms with Crippen molar-refractivity contribution in [3.63, 3.8) is 0 Å². The van der Waals surface area contributed by atoms with Gasteiger partial charge in [-0.15, -0.1) is 11.8 Å². The Balaban J connectivity index is 2.19. The molecule has 1 unspecified atom stereocenters. The molecule has 0 N–H and O–H groups in total. The molecule has 0 aliphatic carbocycles. The molecule has 0 bridgehead atoms. The summed E-state index contributed by atoms with van der Waals surface area (Å²) in [6, 6.07) is 16.6. The molecular weight excluding hydrogens is 363 g/mol. The van der Waals surface area contributed by atoms with Crippen molar-refractivity contribution in [2.45, 2.75) is 23.5 Å². The Morgan fingerprint density at radius 3 is 2.62 bits per heavy atom. The number of halogens is 2. The first kappa shape index (κ1) is 18.7. The van der Waals surface area contributed by atoms with E-state index >= 15 is 0 Å². The minimum Gasteiger partial charge on any atom is -0.310 e. The minimum atomic E-state index is -0.361. The molecule has 124 valence electrons. The van der Waals surface area contributed by atoms with E-state index in [0.29, 0.717) is 16.6 Å². The SMILES string of the molecule is CC(Sc1cc(Cl)ccc1Cl)C(=O)N(CCC#N)c1ccccc1. The van der Waals surface area contributed by atoms with Crippen molar-refractivity contribution in [1.29, 1.82) is 5.26 Å². The topological polar surface area (TPSA) is 44.1 Å². The first-order valence-electron chi connectivity index (χ1n) is 7.38. The van der Waals surface area contributed by atoms with E-state index in [9.17, 15) is 4.79 Å². The van der Waals surface area contributed by atoms with Gasteiger partial charge in [-0.3, -0.25) is 4.79 Å². The van der Waals surface area contributed by atoms with Crippen molar-refractivity contribution < 1.29 is 4.79 Å². The van der Waals surface area contributed by atoms with Crippen molar-refractivity contribution in [2.24, 2.45) is 0 Å². The maximum absolute atomic E-state index is 12.9. The summed E-state index contributed by atoms with van der Waals surface area (Å²) in [5.41, 5.74) is 0.780. The van der Waals surface area contributed by atoms with E-state index in [1.54, 1.807) is 23.1 Å². The highest BCUT2D eigenvalue weighted by molar-refractivity contribution is 8.00. The van der Waals surface area contributed by atoms with Gasteiger partial charge in [0.2, 0.25) is 5.91 Å². The molecule has 0 fully saturated rings. The van der Waals surface area contributed by atoms with Gasteiger partial charge in [-0.2, -0.15) is 5.26 Å². The van der Waals surface area contributed by atoms with Gasteiger partial charge in [-0.05, 0) is 37.3 Å². The number of thioether (sulfide) groups is 1. The van der Waals surface area contributed by atoms with Crippen molar-refractivity contribution >= 4 is 46.6 Å². The van der Waals surface area contributed by atoms with Gasteiger partial charge >= 0.3 is 0 Å². The quantitative estimate of drug-likeness (QED) is 0.630. The summed E-state index contributed by atoms with van der Waals surface area (Å²) in [4.78, 5) is 15.3. The Morgan fingerprint density at radius 2 is 1.96 bits per heavy atom. The summed E-state index contributed by atoms with van der Waals surface area (Å²) in [6.07, 6.45) is 0.274. The summed E-state index contributed by atoms with van der Waals surface area (Å²) in [5.74, 6) is -0.0718. The average molecular weight is 379 g/mol. The van der Waals surface area contributed by atoms with E-state index in [0.717, 1.165) is 10.6 Å². The van der Waals surface area contributed by atoms with Gasteiger partial charge in [0.05, 0.1) is 22.8 Å². The lowest BCUT2D eigenvalue weighted by Gasteiger charge is -2.25. The van der Waals surface area contributed by atoms with Gasteiger partial charge in [0.15, 0.2) is 0 Å². The highest BCUT2D eigenvalue weighted by Gasteiger charge is 2.23. The van der Waals surface area contributed by atoms with Crippen LogP contribution in [0.2, 0.25) is 10.0 Å². The fourth-order valence-electron chi connectivity index (χ4n) is 2.16. The van der Waals surface area contributed by atoms with Crippen molar-refractivity contribution in [2.75, 3.05) is 11.4 Å². The molecule has 2 rings (SSSR count). The molecule has 2 aromatic rings. The molecule has 0 saturated carbocycles. The fraction of sp³-hybridized carbons (Fsp3) is 0.222. The first-order valence-corrected chi connectivity index (χ1v) is 9.01. The number of carbonyl (C=O) groups excluding carboxylic acids is 1. The van der Waals surface area contributed by atoms with E-state index < -0.39 is 0 Å². The molecule has 0 aliphatic rings. The van der Waals surface area contributed by atoms with E-state index in [4.69, 9.17) is 28.5 Å². The number of amides is 1. The van der Waals surface area contributed by atoms with Crippen LogP contribution in [0.4, 0.5) is 5.69 Å². The summed E-state index contributed by atoms with van der Waals surface area (Å²) in [5, 5.41) is 9.64. The molecule has 0 aromatic heterocycles. The second-order valence-electron chi connectivity index (χ2n) is 5.07. The van der Waals surface area contributed by atoms with Crippen LogP contribution in [0.3, 0.4) is 0 Å². The number of nitriles is 1. The number of para-hydroxylation sites is 1. The van der Waals surface area contributed by atoms with E-state index in [-0.39, 0.29) is 17.6 Å². The lowest BCUT2D eigenvalue weighted by Crippen LogP contribution is -2.37. The predicted octanol–water partition coefficient (Wildman–Crippen LogP) is 5.42. The molecule has 2 aromatic carbocycles. The molecule has 3 nitrogen and oxygen atoms in total. The third kappa shape index (κ3) is 4.91. The van der Waals surface area contributed by atoms with Gasteiger partial charge in [-0.25, -0.2) is 0 Å². The Labute approximate surface area is 156 Å². The van der Waals surface area contributed by atoms with Crippen molar-refractivity contribution in [3.8, 4) is 6.07 Å². The maximum Gasteiger partial charge on any atom is 0.240 e. The van der Waals surface area contributed by atoms with Crippen LogP contribution in [0, 0.1) is 11.3 Å². The van der Waals surface area contributed by atoms with Gasteiger partial charge in [-0.1, -0.05) is 41.4 Å². The number of anilines is 1. The van der Waals surface area contributed by atoms with Gasteiger partial charge in [0, 0.05) is 22.2 Å². The zero-order chi connectivity index (χ0) is 17.5. The van der Waals surface area contributed by atoms with E-state index in [2.05, 4.69) is 6.07 Å². The van der Waals surface area contributed by atoms with Crippen LogP contribution < -0.4 is 4.90 Å². The molecule has 0 saturated heterocycles. The third-order valence-corrected chi connectivity index (χ3v) is 5.15. The molecule has 0 radical (unpaired) electrons. The van der Waals surface area contributed by atoms with Crippen LogP contribution in [0.5, 0.6) is 0 Å². The van der Waals surface area contributed by atoms with Crippen LogP contribution in [-0.4, -0.2) is 17.7 Å². The lowest BCUT2D eigenvalue weighted by atomic mass is 10.2. The normalized spacial score (nSPS) is 11.6. The van der Waals surface area contributed by atoms with Crippen LogP contribution in [0.15, 0.2) is 53.4 Å². The fourth-order valence-corrected chi connectivity index (χ4v) is 3.64. The number of hydrogen-bond donors (Lipinski definition) is 0. The standard InChI is InChI=1S/C18H16Cl2N2OS/c1-13(24-17-12-14(19)8-9-16(17)20)18(23)22(11-5-10-21)15-6-3-2-4-7-15/h2-4,6-9,12-13H,5,11H2,1H3. The number of nitrogens with zero attached hydrogens (tertiary/aromatic N) is 2. The Kier molecular flexibility index (Phi) is 6.99. The number of carbonyl (C=O) groups is 1. The second kappa shape index (κ2) is 8.98. The number of rotatable bonds is 6. The third-order valence-electron chi connectivity index (χ3n) is 3.33. The molecule has 0 spiro atoms. The average Bonchev–Trinajstić information content (AvgIpc) is 2.59. The first-order chi connectivity index (χ1) is 11.5. The Hall–Kier alpha value is -1.67. The lowest BCUT2D eigenvalue weighted by molar-refractivity contribution is -0.117. The highest BCUT2D eigenvalue weighted by atomic mass is 35.5. The van der Waals surface area contributed by atoms with Crippen LogP contribution in [0.25, 0.3) is 0 Å². The van der Waals surface area contributed by atoms with Crippen molar-refractivity contribution in [3.05, 3.63) is 58.6 Å². The summed E-state index contributed by atoms with van der Waals surface area (Å²) in [6.45, 7) is 2.18. The van der Waals surface area contributed by atoms with Gasteiger partial charge in [0.25, 0.3) is 0 Å². The van der Waals surface area contributed by atoms with Crippen molar-refractivity contribution in [1.82, 2.24) is 0 Å². The minimum absolute atomic E-state index is 0.0718. The number of benzene rings is 2. The molecule has 0 heterocycles. The van der Waals surface area contributed by atoms with Gasteiger partial charge in [0.1, 0.15) is 0 Å². The molecule has 6 heteroatoms. The molecule has 0 aliphatic heterocycles. The van der Waals surface area contributed by atoms with Crippen LogP contribution in [0.1, 0.15) is 13.3 Å². The summed E-state index contributed by atoms with van der Waals surface area (Å²) >= 11 is 13.5. The zero-order valence-corrected chi connectivity index (χ0v) is 15.4. The summed E-state index contributed by atoms with van der Waals surface area (Å²) in [7, 11) is 0. The Morgan fingerprint density at radius 1 is 1.25 bits per heavy atom. The van der Waals surface area contributed by atoms with E-state index in [1.165, 1.54) is 11.8 Å². The molecule has 1 atom stereocenters. The predicted molar refractivity (Wildman–Crippen MR) is 101 cm³/mol. The number of hydrogen-bond acceptors (Lipinski definition) is 3. The molecule has 1 amide bonds. The zero-order valence-electron chi connectivity index (χ0n) is 13.1. The smallest absolute Gasteiger partial charge is 0.240 e. The molecular formula is C18H16Cl2N2OS. The summed E-state index contributed by atoms with van der Waals surface area (Å²) < 4.78 is 0.